The molecule has 2 saturated heterocycles. The third-order valence-corrected chi connectivity index (χ3v) is 2.92. The Morgan fingerprint density at radius 2 is 1.65 bits per heavy atom. The monoisotopic (exact) mass is 244 g/mol. The highest BCUT2D eigenvalue weighted by atomic mass is 16.4. The molecular weight excluding hydrogens is 227 g/mol. The standard InChI is InChI=1S/C5H10BNO3.C4H7NO2/c1-6(10)7-2-4(3-7)5(8)9;6-4(7)3-1-5-2-3/h4,10H,2-3H2,1H3,(H,8,9);3,5H,1-2H2,(H,6,7). The lowest BCUT2D eigenvalue weighted by atomic mass is 9.78. The Labute approximate surface area is 99.5 Å². The zero-order chi connectivity index (χ0) is 13.0. The second kappa shape index (κ2) is 5.99. The van der Waals surface area contributed by atoms with E-state index in [2.05, 4.69) is 5.32 Å². The molecule has 17 heavy (non-hydrogen) atoms. The van der Waals surface area contributed by atoms with Crippen molar-refractivity contribution in [3.05, 3.63) is 0 Å². The van der Waals surface area contributed by atoms with Gasteiger partial charge in [0.2, 0.25) is 0 Å². The number of hydrogen-bond donors (Lipinski definition) is 4. The second-order valence-electron chi connectivity index (χ2n) is 4.31. The van der Waals surface area contributed by atoms with Crippen LogP contribution in [-0.2, 0) is 9.59 Å². The van der Waals surface area contributed by atoms with E-state index in [0.29, 0.717) is 26.2 Å². The van der Waals surface area contributed by atoms with Crippen molar-refractivity contribution in [2.45, 2.75) is 6.82 Å². The van der Waals surface area contributed by atoms with Crippen molar-refractivity contribution in [1.82, 2.24) is 10.1 Å². The van der Waals surface area contributed by atoms with Gasteiger partial charge in [-0.25, -0.2) is 0 Å². The SMILES string of the molecule is CB(O)N1CC(C(=O)O)C1.O=C(O)C1CNC1. The topological polar surface area (TPSA) is 110 Å². The minimum atomic E-state index is -0.767. The predicted molar refractivity (Wildman–Crippen MR) is 60.5 cm³/mol. The van der Waals surface area contributed by atoms with E-state index in [0.717, 1.165) is 0 Å². The van der Waals surface area contributed by atoms with E-state index >= 15 is 0 Å². The Kier molecular flexibility index (Phi) is 4.92. The molecule has 0 unspecified atom stereocenters. The molecule has 0 atom stereocenters. The predicted octanol–water partition coefficient (Wildman–Crippen LogP) is -1.60. The summed E-state index contributed by atoms with van der Waals surface area (Å²) in [6.07, 6.45) is 0. The van der Waals surface area contributed by atoms with Crippen molar-refractivity contribution in [3.8, 4) is 0 Å². The van der Waals surface area contributed by atoms with Crippen LogP contribution in [0.4, 0.5) is 0 Å². The fourth-order valence-corrected chi connectivity index (χ4v) is 1.44. The number of carboxylic acids is 2. The molecule has 0 aromatic heterocycles. The summed E-state index contributed by atoms with van der Waals surface area (Å²) in [6.45, 7) is 3.89. The Morgan fingerprint density at radius 1 is 1.18 bits per heavy atom. The van der Waals surface area contributed by atoms with Crippen LogP contribution < -0.4 is 5.32 Å². The molecule has 96 valence electrons. The third kappa shape index (κ3) is 3.99. The average molecular weight is 244 g/mol. The molecule has 0 spiro atoms. The quantitative estimate of drug-likeness (QED) is 0.442. The number of rotatable bonds is 3. The van der Waals surface area contributed by atoms with E-state index in [1.165, 1.54) is 0 Å². The molecule has 4 N–H and O–H groups in total. The van der Waals surface area contributed by atoms with E-state index in [1.807, 2.05) is 0 Å². The van der Waals surface area contributed by atoms with Gasteiger partial charge in [-0.1, -0.05) is 0 Å². The number of carboxylic acid groups (broad SMARTS) is 2. The molecular formula is C9H17BN2O5. The summed E-state index contributed by atoms with van der Waals surface area (Å²) < 4.78 is 0. The maximum absolute atomic E-state index is 10.2. The first kappa shape index (κ1) is 13.9. The van der Waals surface area contributed by atoms with Crippen LogP contribution in [0.3, 0.4) is 0 Å². The molecule has 0 amide bonds. The Morgan fingerprint density at radius 3 is 1.82 bits per heavy atom. The lowest BCUT2D eigenvalue weighted by molar-refractivity contribution is -0.146. The van der Waals surface area contributed by atoms with Crippen molar-refractivity contribution >= 4 is 19.0 Å². The molecule has 0 aromatic carbocycles. The van der Waals surface area contributed by atoms with E-state index in [1.54, 1.807) is 11.6 Å². The molecule has 8 heteroatoms. The minimum Gasteiger partial charge on any atom is -0.481 e. The Hall–Kier alpha value is -1.12. The number of nitrogens with one attached hydrogen (secondary N) is 1. The van der Waals surface area contributed by atoms with Gasteiger partial charge in [-0.3, -0.25) is 9.59 Å². The maximum atomic E-state index is 10.2. The van der Waals surface area contributed by atoms with Gasteiger partial charge < -0.3 is 25.4 Å². The van der Waals surface area contributed by atoms with Crippen LogP contribution in [0.25, 0.3) is 0 Å². The van der Waals surface area contributed by atoms with Crippen molar-refractivity contribution in [3.63, 3.8) is 0 Å². The molecule has 0 aromatic rings. The molecule has 0 bridgehead atoms. The third-order valence-electron chi connectivity index (χ3n) is 2.92. The van der Waals surface area contributed by atoms with E-state index in [9.17, 15) is 9.59 Å². The summed E-state index contributed by atoms with van der Waals surface area (Å²) in [5.74, 6) is -1.83. The van der Waals surface area contributed by atoms with E-state index in [4.69, 9.17) is 15.2 Å². The molecule has 0 saturated carbocycles. The first-order valence-corrected chi connectivity index (χ1v) is 5.50. The first-order chi connectivity index (χ1) is 7.91. The number of aliphatic carboxylic acids is 2. The maximum Gasteiger partial charge on any atom is 0.376 e. The van der Waals surface area contributed by atoms with Crippen LogP contribution in [-0.4, -0.2) is 65.2 Å². The van der Waals surface area contributed by atoms with Crippen molar-refractivity contribution in [2.75, 3.05) is 26.2 Å². The summed E-state index contributed by atoms with van der Waals surface area (Å²) in [5, 5.41) is 28.4. The highest BCUT2D eigenvalue weighted by molar-refractivity contribution is 6.45. The zero-order valence-corrected chi connectivity index (χ0v) is 9.67. The van der Waals surface area contributed by atoms with Gasteiger partial charge in [0.25, 0.3) is 0 Å². The molecule has 2 heterocycles. The van der Waals surface area contributed by atoms with Gasteiger partial charge in [-0.15, -0.1) is 0 Å². The van der Waals surface area contributed by atoms with E-state index in [-0.39, 0.29) is 11.8 Å². The second-order valence-corrected chi connectivity index (χ2v) is 4.31. The fourth-order valence-electron chi connectivity index (χ4n) is 1.44. The van der Waals surface area contributed by atoms with Crippen LogP contribution in [0.1, 0.15) is 0 Å². The smallest absolute Gasteiger partial charge is 0.376 e. The highest BCUT2D eigenvalue weighted by Gasteiger charge is 2.35. The lowest BCUT2D eigenvalue weighted by Crippen LogP contribution is -2.56. The molecule has 2 aliphatic rings. The Bertz CT molecular complexity index is 289. The molecule has 7 nitrogen and oxygen atoms in total. The molecule has 2 fully saturated rings. The summed E-state index contributed by atoms with van der Waals surface area (Å²) in [4.78, 5) is 21.9. The summed E-state index contributed by atoms with van der Waals surface area (Å²) in [6, 6.07) is 0. The number of nitrogens with zero attached hydrogens (tertiary/aromatic N) is 1. The number of carbonyl (C=O) groups is 2. The number of hydrogen-bond acceptors (Lipinski definition) is 5. The molecule has 0 radical (unpaired) electrons. The van der Waals surface area contributed by atoms with Crippen LogP contribution in [0.15, 0.2) is 0 Å². The van der Waals surface area contributed by atoms with E-state index < -0.39 is 19.0 Å². The van der Waals surface area contributed by atoms with Gasteiger partial charge in [0.1, 0.15) is 0 Å². The van der Waals surface area contributed by atoms with Gasteiger partial charge in [0, 0.05) is 26.2 Å². The van der Waals surface area contributed by atoms with Crippen LogP contribution in [0, 0.1) is 11.8 Å². The molecule has 2 rings (SSSR count). The average Bonchev–Trinajstić information content (AvgIpc) is 1.94. The van der Waals surface area contributed by atoms with Crippen molar-refractivity contribution in [1.29, 1.82) is 0 Å². The molecule has 2 aliphatic heterocycles. The van der Waals surface area contributed by atoms with Gasteiger partial charge in [-0.05, 0) is 6.82 Å². The first-order valence-electron chi connectivity index (χ1n) is 5.50. The summed E-state index contributed by atoms with van der Waals surface area (Å²) >= 11 is 0. The highest BCUT2D eigenvalue weighted by Crippen LogP contribution is 2.15. The Balaban J connectivity index is 0.000000181. The van der Waals surface area contributed by atoms with Gasteiger partial charge in [0.05, 0.1) is 11.8 Å². The van der Waals surface area contributed by atoms with Gasteiger partial charge in [-0.2, -0.15) is 0 Å². The normalized spacial score (nSPS) is 20.6. The van der Waals surface area contributed by atoms with Crippen molar-refractivity contribution in [2.24, 2.45) is 11.8 Å². The zero-order valence-electron chi connectivity index (χ0n) is 9.67. The van der Waals surface area contributed by atoms with Gasteiger partial charge >= 0.3 is 19.0 Å². The van der Waals surface area contributed by atoms with Crippen LogP contribution in [0.5, 0.6) is 0 Å². The summed E-state index contributed by atoms with van der Waals surface area (Å²) in [5.41, 5.74) is 0. The van der Waals surface area contributed by atoms with Crippen molar-refractivity contribution < 1.29 is 24.8 Å². The lowest BCUT2D eigenvalue weighted by Gasteiger charge is -2.37. The largest absolute Gasteiger partial charge is 0.481 e. The minimum absolute atomic E-state index is 0.111. The molecule has 0 aliphatic carbocycles. The van der Waals surface area contributed by atoms with Crippen LogP contribution in [0.2, 0.25) is 6.82 Å². The van der Waals surface area contributed by atoms with Crippen LogP contribution >= 0.6 is 0 Å². The summed E-state index contributed by atoms with van der Waals surface area (Å²) in [7, 11) is -0.504. The van der Waals surface area contributed by atoms with Gasteiger partial charge in [0.15, 0.2) is 0 Å². The fraction of sp³-hybridized carbons (Fsp3) is 0.778.